The van der Waals surface area contributed by atoms with Crippen LogP contribution in [-0.4, -0.2) is 26.4 Å². The van der Waals surface area contributed by atoms with Gasteiger partial charge >= 0.3 is 0 Å². The van der Waals surface area contributed by atoms with E-state index in [9.17, 15) is 0 Å². The molecule has 1 fully saturated rings. The molecule has 1 aromatic rings. The van der Waals surface area contributed by atoms with Crippen molar-refractivity contribution < 1.29 is 9.47 Å². The summed E-state index contributed by atoms with van der Waals surface area (Å²) in [5.41, 5.74) is 1.27. The lowest BCUT2D eigenvalue weighted by Gasteiger charge is -2.21. The molecule has 0 saturated carbocycles. The molecular formula is C15H22BrNO2. The highest BCUT2D eigenvalue weighted by atomic mass is 79.9. The van der Waals surface area contributed by atoms with Gasteiger partial charge in [0.1, 0.15) is 5.75 Å². The van der Waals surface area contributed by atoms with Crippen molar-refractivity contribution in [1.29, 1.82) is 0 Å². The van der Waals surface area contributed by atoms with Crippen molar-refractivity contribution in [3.05, 3.63) is 28.2 Å². The highest BCUT2D eigenvalue weighted by Crippen LogP contribution is 2.31. The zero-order valence-corrected chi connectivity index (χ0v) is 13.2. The van der Waals surface area contributed by atoms with Gasteiger partial charge in [-0.3, -0.25) is 0 Å². The van der Waals surface area contributed by atoms with E-state index in [1.54, 1.807) is 0 Å². The van der Waals surface area contributed by atoms with Crippen LogP contribution in [0.3, 0.4) is 0 Å². The Morgan fingerprint density at radius 1 is 1.53 bits per heavy atom. The van der Waals surface area contributed by atoms with Crippen LogP contribution in [0.15, 0.2) is 22.7 Å². The van der Waals surface area contributed by atoms with E-state index >= 15 is 0 Å². The highest BCUT2D eigenvalue weighted by molar-refractivity contribution is 9.10. The Hall–Kier alpha value is -0.580. The van der Waals surface area contributed by atoms with E-state index < -0.39 is 0 Å². The largest absolute Gasteiger partial charge is 0.493 e. The van der Waals surface area contributed by atoms with E-state index in [0.29, 0.717) is 18.8 Å². The van der Waals surface area contributed by atoms with E-state index in [0.717, 1.165) is 23.2 Å². The monoisotopic (exact) mass is 327 g/mol. The smallest absolute Gasteiger partial charge is 0.133 e. The third-order valence-corrected chi connectivity index (χ3v) is 4.15. The van der Waals surface area contributed by atoms with Gasteiger partial charge in [-0.1, -0.05) is 6.07 Å². The van der Waals surface area contributed by atoms with Crippen LogP contribution in [0.5, 0.6) is 5.75 Å². The maximum atomic E-state index is 5.72. The molecule has 1 N–H and O–H groups in total. The van der Waals surface area contributed by atoms with Crippen molar-refractivity contribution >= 4 is 15.9 Å². The molecule has 1 aliphatic heterocycles. The van der Waals surface area contributed by atoms with Gasteiger partial charge in [-0.2, -0.15) is 0 Å². The van der Waals surface area contributed by atoms with Crippen LogP contribution in [-0.2, 0) is 4.74 Å². The average molecular weight is 328 g/mol. The first-order chi connectivity index (χ1) is 9.24. The Morgan fingerprint density at radius 2 is 2.37 bits per heavy atom. The number of hydrogen-bond donors (Lipinski definition) is 1. The second kappa shape index (κ2) is 7.27. The highest BCUT2D eigenvalue weighted by Gasteiger charge is 2.21. The van der Waals surface area contributed by atoms with Gasteiger partial charge in [-0.05, 0) is 66.9 Å². The van der Waals surface area contributed by atoms with Gasteiger partial charge in [-0.25, -0.2) is 0 Å². The molecule has 0 aromatic heterocycles. The summed E-state index contributed by atoms with van der Waals surface area (Å²) in [5, 5.41) is 3.38. The first-order valence-electron chi connectivity index (χ1n) is 6.95. The van der Waals surface area contributed by atoms with E-state index in [-0.39, 0.29) is 0 Å². The molecule has 106 valence electrons. The summed E-state index contributed by atoms with van der Waals surface area (Å²) in [4.78, 5) is 0. The predicted octanol–water partition coefficient (Wildman–Crippen LogP) is 3.68. The molecule has 1 heterocycles. The first-order valence-corrected chi connectivity index (χ1v) is 7.75. The first kappa shape index (κ1) is 14.8. The van der Waals surface area contributed by atoms with Crippen LogP contribution in [0.4, 0.5) is 0 Å². The molecule has 0 amide bonds. The number of hydrogen-bond acceptors (Lipinski definition) is 3. The van der Waals surface area contributed by atoms with Gasteiger partial charge < -0.3 is 14.8 Å². The van der Waals surface area contributed by atoms with Crippen LogP contribution in [0.25, 0.3) is 0 Å². The fraction of sp³-hybridized carbons (Fsp3) is 0.600. The van der Waals surface area contributed by atoms with Gasteiger partial charge in [0.05, 0.1) is 17.2 Å². The zero-order valence-electron chi connectivity index (χ0n) is 11.6. The van der Waals surface area contributed by atoms with E-state index in [4.69, 9.17) is 9.47 Å². The van der Waals surface area contributed by atoms with Crippen molar-refractivity contribution in [3.63, 3.8) is 0 Å². The molecule has 2 unspecified atom stereocenters. The Balaban J connectivity index is 2.06. The lowest BCUT2D eigenvalue weighted by atomic mass is 9.99. The van der Waals surface area contributed by atoms with Gasteiger partial charge in [0.2, 0.25) is 0 Å². The van der Waals surface area contributed by atoms with Crippen LogP contribution in [0, 0.1) is 0 Å². The molecule has 0 bridgehead atoms. The standard InChI is InChI=1S/C15H22BrNO2/c1-3-18-15-7-6-11(9-13(15)16)14(17-2)10-12-5-4-8-19-12/h6-7,9,12,14,17H,3-5,8,10H2,1-2H3. The zero-order chi connectivity index (χ0) is 13.7. The van der Waals surface area contributed by atoms with Crippen LogP contribution >= 0.6 is 15.9 Å². The summed E-state index contributed by atoms with van der Waals surface area (Å²) in [6, 6.07) is 6.63. The molecule has 1 aliphatic rings. The molecule has 0 spiro atoms. The quantitative estimate of drug-likeness (QED) is 0.864. The van der Waals surface area contributed by atoms with Gasteiger partial charge in [0, 0.05) is 12.6 Å². The summed E-state index contributed by atoms with van der Waals surface area (Å²) in [6.07, 6.45) is 3.78. The minimum Gasteiger partial charge on any atom is -0.493 e. The number of benzene rings is 1. The van der Waals surface area contributed by atoms with Crippen LogP contribution in [0.1, 0.15) is 37.8 Å². The molecular weight excluding hydrogens is 306 g/mol. The van der Waals surface area contributed by atoms with Crippen molar-refractivity contribution in [2.75, 3.05) is 20.3 Å². The lowest BCUT2D eigenvalue weighted by Crippen LogP contribution is -2.22. The molecule has 2 rings (SSSR count). The second-order valence-electron chi connectivity index (χ2n) is 4.83. The molecule has 1 saturated heterocycles. The van der Waals surface area contributed by atoms with Crippen molar-refractivity contribution in [3.8, 4) is 5.75 Å². The Bertz CT molecular complexity index is 405. The topological polar surface area (TPSA) is 30.5 Å². The fourth-order valence-electron chi connectivity index (χ4n) is 2.52. The van der Waals surface area contributed by atoms with Gasteiger partial charge in [-0.15, -0.1) is 0 Å². The Kier molecular flexibility index (Phi) is 5.67. The molecule has 4 heteroatoms. The normalized spacial score (nSPS) is 20.5. The fourth-order valence-corrected chi connectivity index (χ4v) is 3.03. The summed E-state index contributed by atoms with van der Waals surface area (Å²) < 4.78 is 12.3. The second-order valence-corrected chi connectivity index (χ2v) is 5.69. The predicted molar refractivity (Wildman–Crippen MR) is 80.7 cm³/mol. The van der Waals surface area contributed by atoms with Gasteiger partial charge in [0.25, 0.3) is 0 Å². The van der Waals surface area contributed by atoms with Crippen molar-refractivity contribution in [2.45, 2.75) is 38.3 Å². The lowest BCUT2D eigenvalue weighted by molar-refractivity contribution is 0.0954. The molecule has 0 aliphatic carbocycles. The number of rotatable bonds is 6. The van der Waals surface area contributed by atoms with E-state index in [2.05, 4.69) is 33.4 Å². The Labute approximate surface area is 123 Å². The van der Waals surface area contributed by atoms with Crippen molar-refractivity contribution in [2.24, 2.45) is 0 Å². The molecule has 2 atom stereocenters. The summed E-state index contributed by atoms with van der Waals surface area (Å²) in [7, 11) is 2.00. The SMILES string of the molecule is CCOc1ccc(C(CC2CCCO2)NC)cc1Br. The Morgan fingerprint density at radius 3 is 2.95 bits per heavy atom. The summed E-state index contributed by atoms with van der Waals surface area (Å²) in [6.45, 7) is 3.59. The summed E-state index contributed by atoms with van der Waals surface area (Å²) in [5.74, 6) is 0.901. The van der Waals surface area contributed by atoms with Crippen LogP contribution in [0.2, 0.25) is 0 Å². The third kappa shape index (κ3) is 3.94. The maximum absolute atomic E-state index is 5.72. The molecule has 19 heavy (non-hydrogen) atoms. The maximum Gasteiger partial charge on any atom is 0.133 e. The van der Waals surface area contributed by atoms with Crippen molar-refractivity contribution in [1.82, 2.24) is 5.32 Å². The number of ether oxygens (including phenoxy) is 2. The minimum absolute atomic E-state index is 0.329. The average Bonchev–Trinajstić information content (AvgIpc) is 2.91. The van der Waals surface area contributed by atoms with E-state index in [1.165, 1.54) is 18.4 Å². The summed E-state index contributed by atoms with van der Waals surface area (Å²) >= 11 is 3.57. The molecule has 3 nitrogen and oxygen atoms in total. The molecule has 0 radical (unpaired) electrons. The van der Waals surface area contributed by atoms with Gasteiger partial charge in [0.15, 0.2) is 0 Å². The molecule has 1 aromatic carbocycles. The number of halogens is 1. The minimum atomic E-state index is 0.329. The van der Waals surface area contributed by atoms with Crippen LogP contribution < -0.4 is 10.1 Å². The van der Waals surface area contributed by atoms with E-state index in [1.807, 2.05) is 20.0 Å². The number of nitrogens with one attached hydrogen (secondary N) is 1. The third-order valence-electron chi connectivity index (χ3n) is 3.53.